The highest BCUT2D eigenvalue weighted by atomic mass is 35.5. The Morgan fingerprint density at radius 1 is 1.35 bits per heavy atom. The molecule has 2 N–H and O–H groups in total. The van der Waals surface area contributed by atoms with Gasteiger partial charge in [-0.3, -0.25) is 9.78 Å². The van der Waals surface area contributed by atoms with Crippen molar-refractivity contribution in [3.8, 4) is 0 Å². The number of hydrogen-bond donors (Lipinski definition) is 2. The molecule has 98 valence electrons. The van der Waals surface area contributed by atoms with Crippen molar-refractivity contribution < 1.29 is 4.79 Å². The van der Waals surface area contributed by atoms with Crippen LogP contribution in [0.25, 0.3) is 0 Å². The maximum atomic E-state index is 11.6. The molecule has 0 aliphatic carbocycles. The number of hydrogen-bond acceptors (Lipinski definition) is 3. The number of nitrogens with one attached hydrogen (secondary N) is 2. The highest BCUT2D eigenvalue weighted by molar-refractivity contribution is 5.95. The van der Waals surface area contributed by atoms with Gasteiger partial charge >= 0.3 is 0 Å². The molecule has 17 heavy (non-hydrogen) atoms. The lowest BCUT2D eigenvalue weighted by molar-refractivity contribution is 0.0953. The van der Waals surface area contributed by atoms with Gasteiger partial charge in [0.15, 0.2) is 0 Å². The first-order valence-corrected chi connectivity index (χ1v) is 5.16. The predicted molar refractivity (Wildman–Crippen MR) is 74.3 cm³/mol. The molecule has 6 heteroatoms. The fourth-order valence-electron chi connectivity index (χ4n) is 1.26. The zero-order valence-electron chi connectivity index (χ0n) is 10.0. The van der Waals surface area contributed by atoms with E-state index in [1.807, 2.05) is 13.8 Å². The molecule has 0 saturated heterocycles. The Balaban J connectivity index is 0. The van der Waals surface area contributed by atoms with Crippen LogP contribution in [0.3, 0.4) is 0 Å². The van der Waals surface area contributed by atoms with Gasteiger partial charge in [-0.05, 0) is 25.6 Å². The Kier molecular flexibility index (Phi) is 11.2. The highest BCUT2D eigenvalue weighted by Crippen LogP contribution is 2.02. The Bertz CT molecular complexity index is 334. The first-order valence-electron chi connectivity index (χ1n) is 5.16. The summed E-state index contributed by atoms with van der Waals surface area (Å²) in [5.41, 5.74) is 1.41. The summed E-state index contributed by atoms with van der Waals surface area (Å²) in [7, 11) is 0. The van der Waals surface area contributed by atoms with E-state index in [-0.39, 0.29) is 30.7 Å². The number of halogens is 2. The lowest BCUT2D eigenvalue weighted by Gasteiger charge is -2.06. The molecule has 4 nitrogen and oxygen atoms in total. The second kappa shape index (κ2) is 10.3. The van der Waals surface area contributed by atoms with E-state index in [1.54, 1.807) is 18.3 Å². The smallest absolute Gasteiger partial charge is 0.253 e. The largest absolute Gasteiger partial charge is 0.351 e. The molecule has 0 atom stereocenters. The second-order valence-corrected chi connectivity index (χ2v) is 3.25. The van der Waals surface area contributed by atoms with Gasteiger partial charge in [0.1, 0.15) is 0 Å². The number of pyridine rings is 1. The summed E-state index contributed by atoms with van der Waals surface area (Å²) in [5, 5.41) is 5.97. The average Bonchev–Trinajstić information content (AvgIpc) is 2.25. The number of aromatic nitrogens is 1. The second-order valence-electron chi connectivity index (χ2n) is 3.25. The molecule has 1 aromatic heterocycles. The van der Waals surface area contributed by atoms with Gasteiger partial charge in [0.25, 0.3) is 5.91 Å². The third-order valence-electron chi connectivity index (χ3n) is 2.09. The van der Waals surface area contributed by atoms with E-state index >= 15 is 0 Å². The molecular formula is C11H19Cl2N3O. The van der Waals surface area contributed by atoms with Gasteiger partial charge in [-0.15, -0.1) is 24.8 Å². The molecule has 0 spiro atoms. The zero-order chi connectivity index (χ0) is 11.1. The molecule has 0 saturated carbocycles. The Hall–Kier alpha value is -0.840. The predicted octanol–water partition coefficient (Wildman–Crippen LogP) is 1.57. The normalized spacial score (nSPS) is 8.82. The van der Waals surface area contributed by atoms with Gasteiger partial charge in [-0.1, -0.05) is 6.92 Å². The SMILES string of the molecule is CCNCCNC(=O)c1cccnc1C.Cl.Cl. The van der Waals surface area contributed by atoms with Gasteiger partial charge in [0.05, 0.1) is 5.56 Å². The van der Waals surface area contributed by atoms with Crippen molar-refractivity contribution in [2.24, 2.45) is 0 Å². The van der Waals surface area contributed by atoms with Crippen LogP contribution in [0, 0.1) is 6.92 Å². The van der Waals surface area contributed by atoms with Crippen molar-refractivity contribution in [2.75, 3.05) is 19.6 Å². The summed E-state index contributed by atoms with van der Waals surface area (Å²) >= 11 is 0. The first-order chi connectivity index (χ1) is 7.25. The van der Waals surface area contributed by atoms with Crippen LogP contribution in [0.1, 0.15) is 23.0 Å². The molecule has 1 rings (SSSR count). The van der Waals surface area contributed by atoms with Gasteiger partial charge < -0.3 is 10.6 Å². The fraction of sp³-hybridized carbons (Fsp3) is 0.455. The van der Waals surface area contributed by atoms with E-state index in [0.29, 0.717) is 12.1 Å². The maximum absolute atomic E-state index is 11.6. The molecule has 0 radical (unpaired) electrons. The molecule has 0 unspecified atom stereocenters. The molecule has 1 amide bonds. The average molecular weight is 280 g/mol. The standard InChI is InChI=1S/C11H17N3O.2ClH/c1-3-12-7-8-14-11(15)10-5-4-6-13-9(10)2;;/h4-6,12H,3,7-8H2,1-2H3,(H,14,15);2*1H. The molecule has 0 aliphatic rings. The molecular weight excluding hydrogens is 261 g/mol. The molecule has 0 aromatic carbocycles. The summed E-state index contributed by atoms with van der Waals surface area (Å²) in [6, 6.07) is 3.55. The minimum Gasteiger partial charge on any atom is -0.351 e. The number of likely N-dealkylation sites (N-methyl/N-ethyl adjacent to an activating group) is 1. The minimum atomic E-state index is -0.0569. The molecule has 0 bridgehead atoms. The molecule has 0 fully saturated rings. The van der Waals surface area contributed by atoms with E-state index < -0.39 is 0 Å². The lowest BCUT2D eigenvalue weighted by Crippen LogP contribution is -2.32. The van der Waals surface area contributed by atoms with Crippen molar-refractivity contribution >= 4 is 30.7 Å². The van der Waals surface area contributed by atoms with Crippen LogP contribution in [-0.2, 0) is 0 Å². The summed E-state index contributed by atoms with van der Waals surface area (Å²) in [6.45, 7) is 6.22. The number of amides is 1. The quantitative estimate of drug-likeness (QED) is 0.805. The van der Waals surface area contributed by atoms with E-state index in [4.69, 9.17) is 0 Å². The van der Waals surface area contributed by atoms with E-state index in [1.165, 1.54) is 0 Å². The van der Waals surface area contributed by atoms with Crippen LogP contribution in [0.15, 0.2) is 18.3 Å². The van der Waals surface area contributed by atoms with E-state index in [2.05, 4.69) is 15.6 Å². The number of aryl methyl sites for hydroxylation is 1. The van der Waals surface area contributed by atoms with E-state index in [0.717, 1.165) is 18.8 Å². The minimum absolute atomic E-state index is 0. The van der Waals surface area contributed by atoms with Gasteiger partial charge in [-0.2, -0.15) is 0 Å². The third kappa shape index (κ3) is 6.46. The van der Waals surface area contributed by atoms with Crippen molar-refractivity contribution in [3.63, 3.8) is 0 Å². The van der Waals surface area contributed by atoms with Crippen LogP contribution >= 0.6 is 24.8 Å². The Morgan fingerprint density at radius 2 is 2.06 bits per heavy atom. The third-order valence-corrected chi connectivity index (χ3v) is 2.09. The number of nitrogens with zero attached hydrogens (tertiary/aromatic N) is 1. The summed E-state index contributed by atoms with van der Waals surface area (Å²) in [4.78, 5) is 15.7. The molecule has 1 heterocycles. The number of carbonyl (C=O) groups is 1. The summed E-state index contributed by atoms with van der Waals surface area (Å²) in [5.74, 6) is -0.0569. The topological polar surface area (TPSA) is 54.0 Å². The Labute approximate surface area is 114 Å². The van der Waals surface area contributed by atoms with Gasteiger partial charge in [-0.25, -0.2) is 0 Å². The van der Waals surface area contributed by atoms with Crippen LogP contribution in [0.2, 0.25) is 0 Å². The van der Waals surface area contributed by atoms with Gasteiger partial charge in [0, 0.05) is 25.0 Å². The highest BCUT2D eigenvalue weighted by Gasteiger charge is 2.07. The summed E-state index contributed by atoms with van der Waals surface area (Å²) in [6.07, 6.45) is 1.69. The first kappa shape index (κ1) is 18.5. The number of rotatable bonds is 5. The van der Waals surface area contributed by atoms with Crippen molar-refractivity contribution in [3.05, 3.63) is 29.6 Å². The number of carbonyl (C=O) groups excluding carboxylic acids is 1. The van der Waals surface area contributed by atoms with Crippen molar-refractivity contribution in [2.45, 2.75) is 13.8 Å². The van der Waals surface area contributed by atoms with Crippen LogP contribution in [0.5, 0.6) is 0 Å². The maximum Gasteiger partial charge on any atom is 0.253 e. The van der Waals surface area contributed by atoms with E-state index in [9.17, 15) is 4.79 Å². The van der Waals surface area contributed by atoms with Crippen LogP contribution in [-0.4, -0.2) is 30.5 Å². The van der Waals surface area contributed by atoms with Crippen LogP contribution < -0.4 is 10.6 Å². The van der Waals surface area contributed by atoms with Crippen LogP contribution in [0.4, 0.5) is 0 Å². The summed E-state index contributed by atoms with van der Waals surface area (Å²) < 4.78 is 0. The molecule has 1 aromatic rings. The Morgan fingerprint density at radius 3 is 2.65 bits per heavy atom. The molecule has 0 aliphatic heterocycles. The fourth-order valence-corrected chi connectivity index (χ4v) is 1.26. The zero-order valence-corrected chi connectivity index (χ0v) is 11.7. The monoisotopic (exact) mass is 279 g/mol. The van der Waals surface area contributed by atoms with Gasteiger partial charge in [0.2, 0.25) is 0 Å². The lowest BCUT2D eigenvalue weighted by atomic mass is 10.2. The van der Waals surface area contributed by atoms with Crippen molar-refractivity contribution in [1.29, 1.82) is 0 Å². The van der Waals surface area contributed by atoms with Crippen molar-refractivity contribution in [1.82, 2.24) is 15.6 Å².